The monoisotopic (exact) mass is 228 g/mol. The van der Waals surface area contributed by atoms with E-state index in [4.69, 9.17) is 12.2 Å². The van der Waals surface area contributed by atoms with Crippen LogP contribution in [0.4, 0.5) is 0 Å². The Kier molecular flexibility index (Phi) is 4.84. The molecule has 15 heavy (non-hydrogen) atoms. The van der Waals surface area contributed by atoms with Crippen LogP contribution in [0, 0.1) is 5.92 Å². The Labute approximate surface area is 99.2 Å². The fourth-order valence-electron chi connectivity index (χ4n) is 2.07. The minimum absolute atomic E-state index is 0.235. The Morgan fingerprint density at radius 3 is 2.40 bits per heavy atom. The van der Waals surface area contributed by atoms with Gasteiger partial charge in [0.05, 0.1) is 0 Å². The summed E-state index contributed by atoms with van der Waals surface area (Å²) >= 11 is 5.30. The van der Waals surface area contributed by atoms with E-state index in [9.17, 15) is 0 Å². The number of nitrogens with one attached hydrogen (secondary N) is 2. The summed E-state index contributed by atoms with van der Waals surface area (Å²) in [6.45, 7) is 7.63. The lowest BCUT2D eigenvalue weighted by molar-refractivity contribution is 0.289. The van der Waals surface area contributed by atoms with E-state index in [2.05, 4.69) is 31.4 Å². The molecular formula is C12H24N2S. The van der Waals surface area contributed by atoms with Crippen molar-refractivity contribution in [1.82, 2.24) is 10.6 Å². The molecular weight excluding hydrogens is 204 g/mol. The lowest BCUT2D eigenvalue weighted by Crippen LogP contribution is -2.51. The first-order chi connectivity index (χ1) is 7.02. The molecule has 0 aliphatic heterocycles. The molecule has 0 bridgehead atoms. The normalized spacial score (nSPS) is 20.0. The van der Waals surface area contributed by atoms with Gasteiger partial charge in [0.25, 0.3) is 0 Å². The largest absolute Gasteiger partial charge is 0.362 e. The third-order valence-electron chi connectivity index (χ3n) is 3.04. The van der Waals surface area contributed by atoms with E-state index in [1.165, 1.54) is 32.1 Å². The van der Waals surface area contributed by atoms with Gasteiger partial charge in [0.15, 0.2) is 5.11 Å². The predicted molar refractivity (Wildman–Crippen MR) is 70.1 cm³/mol. The van der Waals surface area contributed by atoms with Crippen molar-refractivity contribution in [2.24, 2.45) is 5.92 Å². The molecule has 0 atom stereocenters. The van der Waals surface area contributed by atoms with Gasteiger partial charge in [0.1, 0.15) is 0 Å². The fourth-order valence-corrected chi connectivity index (χ4v) is 2.40. The lowest BCUT2D eigenvalue weighted by atomic mass is 9.83. The minimum atomic E-state index is 0.235. The van der Waals surface area contributed by atoms with E-state index < -0.39 is 0 Å². The Morgan fingerprint density at radius 2 is 1.87 bits per heavy atom. The van der Waals surface area contributed by atoms with Crippen molar-refractivity contribution in [3.05, 3.63) is 0 Å². The van der Waals surface area contributed by atoms with Crippen LogP contribution in [0.25, 0.3) is 0 Å². The summed E-state index contributed by atoms with van der Waals surface area (Å²) in [5.41, 5.74) is 0.235. The Bertz CT molecular complexity index is 208. The van der Waals surface area contributed by atoms with E-state index in [0.29, 0.717) is 5.92 Å². The highest BCUT2D eigenvalue weighted by atomic mass is 32.1. The maximum atomic E-state index is 5.30. The number of hydrogen-bond acceptors (Lipinski definition) is 1. The van der Waals surface area contributed by atoms with Crippen molar-refractivity contribution >= 4 is 17.3 Å². The molecule has 2 nitrogen and oxygen atoms in total. The van der Waals surface area contributed by atoms with Crippen molar-refractivity contribution < 1.29 is 0 Å². The van der Waals surface area contributed by atoms with Gasteiger partial charge in [0.2, 0.25) is 0 Å². The second kappa shape index (κ2) is 5.69. The summed E-state index contributed by atoms with van der Waals surface area (Å²) in [5, 5.41) is 7.57. The van der Waals surface area contributed by atoms with Gasteiger partial charge in [-0.3, -0.25) is 0 Å². The van der Waals surface area contributed by atoms with Gasteiger partial charge in [-0.2, -0.15) is 0 Å². The SMILES string of the molecule is CC(C)CNC(=S)NC1(C)CCCCC1. The molecule has 0 unspecified atom stereocenters. The summed E-state index contributed by atoms with van der Waals surface area (Å²) in [7, 11) is 0. The maximum Gasteiger partial charge on any atom is 0.166 e. The molecule has 0 radical (unpaired) electrons. The van der Waals surface area contributed by atoms with Crippen LogP contribution >= 0.6 is 12.2 Å². The lowest BCUT2D eigenvalue weighted by Gasteiger charge is -2.35. The average molecular weight is 228 g/mol. The van der Waals surface area contributed by atoms with Crippen LogP contribution in [-0.2, 0) is 0 Å². The molecule has 1 aliphatic carbocycles. The van der Waals surface area contributed by atoms with Crippen molar-refractivity contribution in [2.75, 3.05) is 6.54 Å². The molecule has 1 fully saturated rings. The van der Waals surface area contributed by atoms with Crippen LogP contribution < -0.4 is 10.6 Å². The highest BCUT2D eigenvalue weighted by Gasteiger charge is 2.26. The van der Waals surface area contributed by atoms with E-state index in [0.717, 1.165) is 11.7 Å². The molecule has 0 amide bonds. The molecule has 0 aromatic rings. The second-order valence-corrected chi connectivity index (χ2v) is 5.76. The number of hydrogen-bond donors (Lipinski definition) is 2. The van der Waals surface area contributed by atoms with Crippen LogP contribution in [0.2, 0.25) is 0 Å². The molecule has 2 N–H and O–H groups in total. The molecule has 3 heteroatoms. The first-order valence-corrected chi connectivity index (χ1v) is 6.49. The maximum absolute atomic E-state index is 5.30. The van der Waals surface area contributed by atoms with Gasteiger partial charge in [-0.15, -0.1) is 0 Å². The molecule has 1 rings (SSSR count). The summed E-state index contributed by atoms with van der Waals surface area (Å²) in [4.78, 5) is 0. The molecule has 1 aliphatic rings. The van der Waals surface area contributed by atoms with Crippen molar-refractivity contribution in [3.63, 3.8) is 0 Å². The van der Waals surface area contributed by atoms with Gasteiger partial charge in [-0.1, -0.05) is 33.1 Å². The zero-order valence-electron chi connectivity index (χ0n) is 10.2. The summed E-state index contributed by atoms with van der Waals surface area (Å²) < 4.78 is 0. The van der Waals surface area contributed by atoms with Crippen LogP contribution in [0.3, 0.4) is 0 Å². The minimum Gasteiger partial charge on any atom is -0.362 e. The summed E-state index contributed by atoms with van der Waals surface area (Å²) in [6.07, 6.45) is 6.53. The van der Waals surface area contributed by atoms with Gasteiger partial charge in [-0.05, 0) is 37.9 Å². The molecule has 0 saturated heterocycles. The van der Waals surface area contributed by atoms with Gasteiger partial charge < -0.3 is 10.6 Å². The van der Waals surface area contributed by atoms with Gasteiger partial charge in [-0.25, -0.2) is 0 Å². The molecule has 0 heterocycles. The third kappa shape index (κ3) is 4.83. The summed E-state index contributed by atoms with van der Waals surface area (Å²) in [5.74, 6) is 0.643. The van der Waals surface area contributed by atoms with Crippen LogP contribution in [0.1, 0.15) is 52.9 Å². The molecule has 1 saturated carbocycles. The standard InChI is InChI=1S/C12H24N2S/c1-10(2)9-13-11(15)14-12(3)7-5-4-6-8-12/h10H,4-9H2,1-3H3,(H2,13,14,15). The Balaban J connectivity index is 2.29. The topological polar surface area (TPSA) is 24.1 Å². The molecule has 0 aromatic carbocycles. The number of thiocarbonyl (C=S) groups is 1. The van der Waals surface area contributed by atoms with E-state index >= 15 is 0 Å². The van der Waals surface area contributed by atoms with Crippen LogP contribution in [0.15, 0.2) is 0 Å². The predicted octanol–water partition coefficient (Wildman–Crippen LogP) is 2.83. The van der Waals surface area contributed by atoms with E-state index in [1.807, 2.05) is 0 Å². The molecule has 0 spiro atoms. The van der Waals surface area contributed by atoms with E-state index in [1.54, 1.807) is 0 Å². The van der Waals surface area contributed by atoms with Gasteiger partial charge in [0, 0.05) is 12.1 Å². The van der Waals surface area contributed by atoms with E-state index in [-0.39, 0.29) is 5.54 Å². The molecule has 0 aromatic heterocycles. The van der Waals surface area contributed by atoms with Crippen molar-refractivity contribution in [2.45, 2.75) is 58.4 Å². The zero-order chi connectivity index (χ0) is 11.3. The molecule has 88 valence electrons. The summed E-state index contributed by atoms with van der Waals surface area (Å²) in [6, 6.07) is 0. The first-order valence-electron chi connectivity index (χ1n) is 6.08. The highest BCUT2D eigenvalue weighted by molar-refractivity contribution is 7.80. The number of rotatable bonds is 3. The Hall–Kier alpha value is -0.310. The van der Waals surface area contributed by atoms with Crippen molar-refractivity contribution in [1.29, 1.82) is 0 Å². The first kappa shape index (κ1) is 12.8. The zero-order valence-corrected chi connectivity index (χ0v) is 11.0. The average Bonchev–Trinajstić information content (AvgIpc) is 2.15. The second-order valence-electron chi connectivity index (χ2n) is 5.35. The smallest absolute Gasteiger partial charge is 0.166 e. The third-order valence-corrected chi connectivity index (χ3v) is 3.29. The van der Waals surface area contributed by atoms with Crippen LogP contribution in [0.5, 0.6) is 0 Å². The highest BCUT2D eigenvalue weighted by Crippen LogP contribution is 2.27. The van der Waals surface area contributed by atoms with Gasteiger partial charge >= 0.3 is 0 Å². The fraction of sp³-hybridized carbons (Fsp3) is 0.917. The van der Waals surface area contributed by atoms with Crippen molar-refractivity contribution in [3.8, 4) is 0 Å². The Morgan fingerprint density at radius 1 is 1.27 bits per heavy atom. The quantitative estimate of drug-likeness (QED) is 0.726. The van der Waals surface area contributed by atoms with Crippen LogP contribution in [-0.4, -0.2) is 17.2 Å².